The second-order valence-corrected chi connectivity index (χ2v) is 7.74. The highest BCUT2D eigenvalue weighted by molar-refractivity contribution is 7.98. The number of nitrogens with one attached hydrogen (secondary N) is 1. The van der Waals surface area contributed by atoms with E-state index in [-0.39, 0.29) is 5.91 Å². The maximum absolute atomic E-state index is 12.6. The maximum atomic E-state index is 12.6. The van der Waals surface area contributed by atoms with Crippen molar-refractivity contribution in [2.75, 3.05) is 18.2 Å². The summed E-state index contributed by atoms with van der Waals surface area (Å²) >= 11 is 3.14. The molecule has 26 heavy (non-hydrogen) atoms. The van der Waals surface area contributed by atoms with Crippen LogP contribution in [0.5, 0.6) is 5.75 Å². The van der Waals surface area contributed by atoms with Crippen molar-refractivity contribution in [2.45, 2.75) is 31.1 Å². The Labute approximate surface area is 162 Å². The number of hydrogen-bond donors (Lipinski definition) is 1. The molecule has 0 bridgehead atoms. The molecule has 0 spiro atoms. The van der Waals surface area contributed by atoms with Crippen LogP contribution in [0, 0.1) is 0 Å². The minimum absolute atomic E-state index is 0.172. The van der Waals surface area contributed by atoms with Crippen LogP contribution in [-0.4, -0.2) is 23.8 Å². The zero-order valence-electron chi connectivity index (χ0n) is 15.0. The number of para-hydroxylation sites is 1. The summed E-state index contributed by atoms with van der Waals surface area (Å²) in [5.74, 6) is 0.552. The van der Waals surface area contributed by atoms with E-state index in [0.717, 1.165) is 40.1 Å². The van der Waals surface area contributed by atoms with E-state index in [0.29, 0.717) is 17.3 Å². The van der Waals surface area contributed by atoms with Crippen LogP contribution in [0.3, 0.4) is 0 Å². The quantitative estimate of drug-likeness (QED) is 0.390. The molecular weight excluding hydrogens is 364 g/mol. The van der Waals surface area contributed by atoms with Crippen molar-refractivity contribution in [3.63, 3.8) is 0 Å². The number of anilines is 1. The van der Waals surface area contributed by atoms with Gasteiger partial charge < -0.3 is 4.74 Å². The van der Waals surface area contributed by atoms with Gasteiger partial charge in [0.2, 0.25) is 0 Å². The third-order valence-electron chi connectivity index (χ3n) is 3.94. The lowest BCUT2D eigenvalue weighted by Gasteiger charge is -2.07. The molecule has 0 atom stereocenters. The smallest absolute Gasteiger partial charge is 0.257 e. The summed E-state index contributed by atoms with van der Waals surface area (Å²) in [6.07, 6.45) is 5.36. The Bertz CT molecular complexity index is 892. The molecule has 0 aliphatic rings. The summed E-state index contributed by atoms with van der Waals surface area (Å²) in [6.45, 7) is 2.84. The normalized spacial score (nSPS) is 10.8. The van der Waals surface area contributed by atoms with Gasteiger partial charge in [-0.05, 0) is 43.0 Å². The van der Waals surface area contributed by atoms with Gasteiger partial charge in [0.25, 0.3) is 5.91 Å². The van der Waals surface area contributed by atoms with Gasteiger partial charge in [-0.2, -0.15) is 0 Å². The lowest BCUT2D eigenvalue weighted by atomic mass is 10.2. The fraction of sp³-hybridized carbons (Fsp3) is 0.300. The Morgan fingerprint density at radius 2 is 2.08 bits per heavy atom. The molecule has 0 saturated carbocycles. The van der Waals surface area contributed by atoms with Gasteiger partial charge in [-0.3, -0.25) is 10.1 Å². The second kappa shape index (κ2) is 9.05. The number of fused-ring (bicyclic) bond motifs is 1. The van der Waals surface area contributed by atoms with Crippen molar-refractivity contribution in [1.29, 1.82) is 0 Å². The molecule has 0 aliphatic carbocycles. The summed E-state index contributed by atoms with van der Waals surface area (Å²) in [4.78, 5) is 18.3. The maximum Gasteiger partial charge on any atom is 0.257 e. The zero-order valence-corrected chi connectivity index (χ0v) is 16.6. The Morgan fingerprint density at radius 3 is 2.88 bits per heavy atom. The Morgan fingerprint density at radius 1 is 1.23 bits per heavy atom. The summed E-state index contributed by atoms with van der Waals surface area (Å²) in [6, 6.07) is 13.4. The second-order valence-electron chi connectivity index (χ2n) is 5.86. The van der Waals surface area contributed by atoms with Crippen LogP contribution in [0.15, 0.2) is 47.4 Å². The molecule has 2 aromatic carbocycles. The molecule has 0 aliphatic heterocycles. The van der Waals surface area contributed by atoms with Gasteiger partial charge in [0, 0.05) is 10.5 Å². The monoisotopic (exact) mass is 386 g/mol. The number of thioether (sulfide) groups is 1. The molecule has 0 fully saturated rings. The van der Waals surface area contributed by atoms with E-state index in [1.165, 1.54) is 11.3 Å². The molecule has 136 valence electrons. The van der Waals surface area contributed by atoms with E-state index in [4.69, 9.17) is 4.74 Å². The standard InChI is InChI=1S/C20H22N2O2S2/c1-3-4-5-12-24-15-9-6-8-14(13-15)19(23)22-20-21-18-16(25-2)10-7-11-17(18)26-20/h6-11,13H,3-5,12H2,1-2H3,(H,21,22,23). The van der Waals surface area contributed by atoms with Crippen molar-refractivity contribution in [3.8, 4) is 5.75 Å². The Balaban J connectivity index is 1.70. The van der Waals surface area contributed by atoms with Gasteiger partial charge in [-0.25, -0.2) is 4.98 Å². The zero-order chi connectivity index (χ0) is 18.4. The summed E-state index contributed by atoms with van der Waals surface area (Å²) in [5.41, 5.74) is 1.51. The molecular formula is C20H22N2O2S2. The average molecular weight is 387 g/mol. The number of carbonyl (C=O) groups is 1. The summed E-state index contributed by atoms with van der Waals surface area (Å²) in [7, 11) is 0. The number of ether oxygens (including phenoxy) is 1. The molecule has 6 heteroatoms. The Hall–Kier alpha value is -2.05. The van der Waals surface area contributed by atoms with Crippen LogP contribution >= 0.6 is 23.1 Å². The number of amides is 1. The SMILES string of the molecule is CCCCCOc1cccc(C(=O)Nc2nc3c(SC)cccc3s2)c1. The highest BCUT2D eigenvalue weighted by Gasteiger charge is 2.12. The molecule has 0 radical (unpaired) electrons. The van der Waals surface area contributed by atoms with Gasteiger partial charge >= 0.3 is 0 Å². The van der Waals surface area contributed by atoms with Crippen molar-refractivity contribution in [2.24, 2.45) is 0 Å². The average Bonchev–Trinajstić information content (AvgIpc) is 3.08. The minimum Gasteiger partial charge on any atom is -0.494 e. The number of nitrogens with zero attached hydrogens (tertiary/aromatic N) is 1. The number of carbonyl (C=O) groups excluding carboxylic acids is 1. The molecule has 1 amide bonds. The van der Waals surface area contributed by atoms with Crippen LogP contribution in [-0.2, 0) is 0 Å². The van der Waals surface area contributed by atoms with E-state index in [1.807, 2.05) is 36.6 Å². The number of hydrogen-bond acceptors (Lipinski definition) is 5. The predicted octanol–water partition coefficient (Wildman–Crippen LogP) is 5.84. The van der Waals surface area contributed by atoms with E-state index in [9.17, 15) is 4.79 Å². The van der Waals surface area contributed by atoms with Gasteiger partial charge in [-0.15, -0.1) is 11.8 Å². The molecule has 1 heterocycles. The van der Waals surface area contributed by atoms with Gasteiger partial charge in [-0.1, -0.05) is 43.2 Å². The first-order valence-electron chi connectivity index (χ1n) is 8.69. The summed E-state index contributed by atoms with van der Waals surface area (Å²) in [5, 5.41) is 3.52. The Kier molecular flexibility index (Phi) is 6.52. The molecule has 1 N–H and O–H groups in total. The molecule has 4 nitrogen and oxygen atoms in total. The van der Waals surface area contributed by atoms with Gasteiger partial charge in [0.1, 0.15) is 5.75 Å². The van der Waals surface area contributed by atoms with E-state index in [1.54, 1.807) is 23.9 Å². The lowest BCUT2D eigenvalue weighted by Crippen LogP contribution is -2.11. The number of rotatable bonds is 8. The van der Waals surface area contributed by atoms with E-state index in [2.05, 4.69) is 17.2 Å². The predicted molar refractivity (Wildman–Crippen MR) is 111 cm³/mol. The van der Waals surface area contributed by atoms with Crippen molar-refractivity contribution in [3.05, 3.63) is 48.0 Å². The van der Waals surface area contributed by atoms with E-state index < -0.39 is 0 Å². The third-order valence-corrected chi connectivity index (χ3v) is 5.64. The highest BCUT2D eigenvalue weighted by Crippen LogP contribution is 2.32. The largest absolute Gasteiger partial charge is 0.494 e. The summed E-state index contributed by atoms with van der Waals surface area (Å²) < 4.78 is 6.80. The van der Waals surface area contributed by atoms with Crippen molar-refractivity contribution >= 4 is 44.4 Å². The number of thiazole rings is 1. The minimum atomic E-state index is -0.172. The van der Waals surface area contributed by atoms with Crippen molar-refractivity contribution < 1.29 is 9.53 Å². The first-order valence-corrected chi connectivity index (χ1v) is 10.7. The number of benzene rings is 2. The number of aromatic nitrogens is 1. The van der Waals surface area contributed by atoms with Crippen molar-refractivity contribution in [1.82, 2.24) is 4.98 Å². The molecule has 0 unspecified atom stereocenters. The third kappa shape index (κ3) is 4.56. The van der Waals surface area contributed by atoms with Gasteiger partial charge in [0.15, 0.2) is 5.13 Å². The highest BCUT2D eigenvalue weighted by atomic mass is 32.2. The first kappa shape index (κ1) is 18.7. The van der Waals surface area contributed by atoms with Crippen LogP contribution < -0.4 is 10.1 Å². The molecule has 3 rings (SSSR count). The van der Waals surface area contributed by atoms with Gasteiger partial charge in [0.05, 0.1) is 16.8 Å². The fourth-order valence-corrected chi connectivity index (χ4v) is 4.10. The molecule has 3 aromatic rings. The first-order chi connectivity index (χ1) is 12.7. The van der Waals surface area contributed by atoms with E-state index >= 15 is 0 Å². The number of unbranched alkanes of at least 4 members (excludes halogenated alkanes) is 2. The topological polar surface area (TPSA) is 51.2 Å². The fourth-order valence-electron chi connectivity index (χ4n) is 2.58. The molecule has 1 aromatic heterocycles. The van der Waals surface area contributed by atoms with Crippen LogP contribution in [0.4, 0.5) is 5.13 Å². The van der Waals surface area contributed by atoms with Crippen LogP contribution in [0.25, 0.3) is 10.2 Å². The lowest BCUT2D eigenvalue weighted by molar-refractivity contribution is 0.102. The molecule has 0 saturated heterocycles. The van der Waals surface area contributed by atoms with Crippen LogP contribution in [0.1, 0.15) is 36.5 Å². The van der Waals surface area contributed by atoms with Crippen LogP contribution in [0.2, 0.25) is 0 Å².